The maximum absolute atomic E-state index is 14.3. The van der Waals surface area contributed by atoms with E-state index in [9.17, 15) is 43.5 Å². The fourth-order valence-corrected chi connectivity index (χ4v) is 7.81. The van der Waals surface area contributed by atoms with E-state index in [-0.39, 0.29) is 55.0 Å². The quantitative estimate of drug-likeness (QED) is 0.0642. The van der Waals surface area contributed by atoms with E-state index in [1.54, 1.807) is 20.2 Å². The number of aliphatic carboxylic acids is 2. The molecule has 328 valence electrons. The first-order valence-electron chi connectivity index (χ1n) is 19.6. The Morgan fingerprint density at radius 2 is 1.59 bits per heavy atom. The molecule has 1 unspecified atom stereocenters. The zero-order chi connectivity index (χ0) is 45.0. The first-order chi connectivity index (χ1) is 27.3. The lowest BCUT2D eigenvalue weighted by atomic mass is 9.76. The van der Waals surface area contributed by atoms with Crippen molar-refractivity contribution in [2.24, 2.45) is 17.1 Å². The highest BCUT2D eigenvalue weighted by Gasteiger charge is 2.42. The fraction of sp³-hybridized carbons (Fsp3) is 0.610. The van der Waals surface area contributed by atoms with Crippen molar-refractivity contribution in [3.63, 3.8) is 0 Å². The lowest BCUT2D eigenvalue weighted by Gasteiger charge is -2.40. The highest BCUT2D eigenvalue weighted by atomic mass is 32.2. The molecule has 0 bridgehead atoms. The number of nitrogens with one attached hydrogen (secondary N) is 4. The monoisotopic (exact) mass is 845 g/mol. The van der Waals surface area contributed by atoms with Gasteiger partial charge < -0.3 is 42.1 Å². The van der Waals surface area contributed by atoms with Crippen LogP contribution in [-0.4, -0.2) is 136 Å². The molecule has 0 aliphatic carbocycles. The second-order valence-corrected chi connectivity index (χ2v) is 18.0. The van der Waals surface area contributed by atoms with Gasteiger partial charge in [0.2, 0.25) is 35.4 Å². The number of carboxylic acid groups (broad SMARTS) is 2. The van der Waals surface area contributed by atoms with E-state index in [4.69, 9.17) is 10.8 Å². The number of likely N-dealkylation sites (tertiary alicyclic amines) is 1. The van der Waals surface area contributed by atoms with Crippen molar-refractivity contribution in [1.82, 2.24) is 31.1 Å². The summed E-state index contributed by atoms with van der Waals surface area (Å²) in [5.74, 6) is -5.94. The van der Waals surface area contributed by atoms with Crippen LogP contribution in [0, 0.1) is 11.3 Å². The van der Waals surface area contributed by atoms with Crippen LogP contribution in [0.4, 0.5) is 0 Å². The van der Waals surface area contributed by atoms with Crippen LogP contribution in [0.1, 0.15) is 80.2 Å². The van der Waals surface area contributed by atoms with Gasteiger partial charge in [0.1, 0.15) is 18.1 Å². The van der Waals surface area contributed by atoms with Crippen molar-refractivity contribution < 1.29 is 48.6 Å². The largest absolute Gasteiger partial charge is 0.481 e. The number of carbonyl (C=O) groups is 8. The maximum Gasteiger partial charge on any atom is 0.321 e. The maximum atomic E-state index is 14.3. The number of nitrogens with zero attached hydrogens (tertiary/aromatic N) is 2. The Hall–Kier alpha value is -4.81. The highest BCUT2D eigenvalue weighted by molar-refractivity contribution is 8.00. The number of rotatable bonds is 22. The first-order valence-corrected chi connectivity index (χ1v) is 20.6. The molecule has 0 aromatic heterocycles. The van der Waals surface area contributed by atoms with E-state index in [2.05, 4.69) is 21.3 Å². The number of nitrogens with two attached hydrogens (primary N) is 1. The molecule has 18 heteroatoms. The molecule has 1 aliphatic heterocycles. The lowest BCUT2D eigenvalue weighted by molar-refractivity contribution is -0.141. The summed E-state index contributed by atoms with van der Waals surface area (Å²) in [6.07, 6.45) is 0.714. The van der Waals surface area contributed by atoms with Crippen molar-refractivity contribution in [2.45, 2.75) is 116 Å². The average molecular weight is 846 g/mol. The number of carbonyl (C=O) groups excluding carboxylic acids is 6. The predicted octanol–water partition coefficient (Wildman–Crippen LogP) is 1.25. The standard InChI is InChI=1S/C41H63N7O10S/c1-23(2)28(47(10)38(56)33(40(4,5)6)46-36(54)32(43-9)41(7,8)25-14-12-11-13-15-25)20-24(3)34(52)45-27(16-17-31(50)51)35(53)44-18-19-48-30(49)21-29(37(48)55)59-22-26(42)39(57)58/h11-15,20,23,26-29,32-33,43H,16-19,21-22,42H2,1-10H3,(H,44,53)(H,45,52)(H,46,54)(H,50,51)(H,57,58)/b24-20+/t26-,27-,28+,29?,32+,33+/m0/s1. The van der Waals surface area contributed by atoms with Crippen LogP contribution >= 0.6 is 11.8 Å². The second kappa shape index (κ2) is 22.0. The van der Waals surface area contributed by atoms with Gasteiger partial charge in [0, 0.05) is 49.7 Å². The number of carboxylic acids is 2. The summed E-state index contributed by atoms with van der Waals surface area (Å²) >= 11 is 0.960. The number of imide groups is 1. The van der Waals surface area contributed by atoms with Crippen molar-refractivity contribution in [2.75, 3.05) is 32.9 Å². The number of thioether (sulfide) groups is 1. The Labute approximate surface area is 351 Å². The molecule has 1 aromatic carbocycles. The van der Waals surface area contributed by atoms with Crippen molar-refractivity contribution in [1.29, 1.82) is 0 Å². The third kappa shape index (κ3) is 14.2. The van der Waals surface area contributed by atoms with Crippen LogP contribution in [0.3, 0.4) is 0 Å². The Morgan fingerprint density at radius 3 is 2.12 bits per heavy atom. The lowest BCUT2D eigenvalue weighted by Crippen LogP contribution is -2.61. The van der Waals surface area contributed by atoms with Gasteiger partial charge in [-0.05, 0) is 37.3 Å². The number of hydrogen-bond donors (Lipinski definition) is 7. The summed E-state index contributed by atoms with van der Waals surface area (Å²) in [5, 5.41) is 28.8. The molecule has 0 saturated carbocycles. The van der Waals surface area contributed by atoms with Gasteiger partial charge in [-0.3, -0.25) is 43.3 Å². The highest BCUT2D eigenvalue weighted by Crippen LogP contribution is 2.29. The molecule has 1 heterocycles. The van der Waals surface area contributed by atoms with Gasteiger partial charge in [-0.15, -0.1) is 11.8 Å². The molecule has 0 radical (unpaired) electrons. The van der Waals surface area contributed by atoms with E-state index in [0.717, 1.165) is 22.2 Å². The van der Waals surface area contributed by atoms with Crippen molar-refractivity contribution in [3.05, 3.63) is 47.5 Å². The van der Waals surface area contributed by atoms with Gasteiger partial charge in [0.05, 0.1) is 17.3 Å². The molecule has 6 atom stereocenters. The van der Waals surface area contributed by atoms with Crippen molar-refractivity contribution >= 4 is 59.1 Å². The van der Waals surface area contributed by atoms with Crippen LogP contribution in [0.5, 0.6) is 0 Å². The molecule has 2 rings (SSSR count). The van der Waals surface area contributed by atoms with Gasteiger partial charge in [-0.1, -0.05) is 84.9 Å². The molecule has 17 nitrogen and oxygen atoms in total. The van der Waals surface area contributed by atoms with Gasteiger partial charge >= 0.3 is 11.9 Å². The molecule has 1 fully saturated rings. The molecular formula is C41H63N7O10S. The smallest absolute Gasteiger partial charge is 0.321 e. The number of amides is 6. The van der Waals surface area contributed by atoms with Crippen LogP contribution in [0.2, 0.25) is 0 Å². The summed E-state index contributed by atoms with van der Waals surface area (Å²) in [5.41, 5.74) is 5.24. The molecule has 1 aromatic rings. The number of hydrogen-bond acceptors (Lipinski definition) is 11. The van der Waals surface area contributed by atoms with Crippen LogP contribution < -0.4 is 27.0 Å². The van der Waals surface area contributed by atoms with Crippen LogP contribution in [0.25, 0.3) is 0 Å². The van der Waals surface area contributed by atoms with E-state index in [1.807, 2.05) is 78.8 Å². The molecule has 59 heavy (non-hydrogen) atoms. The number of benzene rings is 1. The minimum absolute atomic E-state index is 0.0753. The van der Waals surface area contributed by atoms with Gasteiger partial charge in [0.25, 0.3) is 0 Å². The normalized spacial score (nSPS) is 17.5. The van der Waals surface area contributed by atoms with E-state index < -0.39 is 88.3 Å². The van der Waals surface area contributed by atoms with Gasteiger partial charge in [0.15, 0.2) is 0 Å². The minimum atomic E-state index is -1.30. The molecular weight excluding hydrogens is 783 g/mol. The fourth-order valence-electron chi connectivity index (χ4n) is 6.69. The van der Waals surface area contributed by atoms with E-state index in [1.165, 1.54) is 11.8 Å². The molecule has 1 saturated heterocycles. The second-order valence-electron chi connectivity index (χ2n) is 16.8. The SMILES string of the molecule is CN[C@H](C(=O)N[C@H](C(=O)N(C)[C@H](/C=C(\C)C(=O)N[C@@H](CCC(=O)O)C(=O)NCCN1C(=O)CC(SC[C@H](N)C(=O)O)C1=O)C(C)C)C(C)(C)C)C(C)(C)c1ccccc1. The van der Waals surface area contributed by atoms with Crippen LogP contribution in [0.15, 0.2) is 42.0 Å². The van der Waals surface area contributed by atoms with E-state index >= 15 is 0 Å². The van der Waals surface area contributed by atoms with Crippen molar-refractivity contribution in [3.8, 4) is 0 Å². The topological polar surface area (TPSA) is 258 Å². The molecule has 8 N–H and O–H groups in total. The number of likely N-dealkylation sites (N-methyl/N-ethyl adjacent to an activating group) is 2. The van der Waals surface area contributed by atoms with Gasteiger partial charge in [-0.25, -0.2) is 0 Å². The summed E-state index contributed by atoms with van der Waals surface area (Å²) < 4.78 is 0. The molecule has 6 amide bonds. The summed E-state index contributed by atoms with van der Waals surface area (Å²) in [6.45, 7) is 14.3. The summed E-state index contributed by atoms with van der Waals surface area (Å²) in [4.78, 5) is 105. The molecule has 1 aliphatic rings. The predicted molar refractivity (Wildman–Crippen MR) is 224 cm³/mol. The minimum Gasteiger partial charge on any atom is -0.481 e. The Morgan fingerprint density at radius 1 is 0.983 bits per heavy atom. The van der Waals surface area contributed by atoms with E-state index in [0.29, 0.717) is 0 Å². The Bertz CT molecular complexity index is 1730. The zero-order valence-electron chi connectivity index (χ0n) is 35.8. The third-order valence-electron chi connectivity index (χ3n) is 10.3. The summed E-state index contributed by atoms with van der Waals surface area (Å²) in [6, 6.07) is 4.79. The first kappa shape index (κ1) is 50.3. The third-order valence-corrected chi connectivity index (χ3v) is 11.7. The summed E-state index contributed by atoms with van der Waals surface area (Å²) in [7, 11) is 3.28. The molecule has 0 spiro atoms. The Balaban J connectivity index is 2.21. The zero-order valence-corrected chi connectivity index (χ0v) is 36.6. The van der Waals surface area contributed by atoms with Gasteiger partial charge in [-0.2, -0.15) is 0 Å². The van der Waals surface area contributed by atoms with Crippen LogP contribution in [-0.2, 0) is 43.8 Å². The Kier molecular flexibility index (Phi) is 18.8. The average Bonchev–Trinajstić information content (AvgIpc) is 3.43.